The molecular formula is C14H28N4O. The first-order valence-corrected chi connectivity index (χ1v) is 7.55. The van der Waals surface area contributed by atoms with Crippen LogP contribution < -0.4 is 10.6 Å². The summed E-state index contributed by atoms with van der Waals surface area (Å²) >= 11 is 0. The lowest BCUT2D eigenvalue weighted by Gasteiger charge is -2.32. The number of amides is 1. The Kier molecular flexibility index (Phi) is 5.60. The maximum atomic E-state index is 12.0. The number of carbonyl (C=O) groups excluding carboxylic acids is 1. The van der Waals surface area contributed by atoms with Gasteiger partial charge in [-0.2, -0.15) is 0 Å². The maximum Gasteiger partial charge on any atom is 0.221 e. The Morgan fingerprint density at radius 1 is 1.37 bits per heavy atom. The molecule has 0 aromatic heterocycles. The van der Waals surface area contributed by atoms with Crippen molar-refractivity contribution >= 4 is 5.91 Å². The van der Waals surface area contributed by atoms with E-state index in [9.17, 15) is 4.79 Å². The van der Waals surface area contributed by atoms with Crippen LogP contribution in [0, 0.1) is 5.92 Å². The van der Waals surface area contributed by atoms with Crippen LogP contribution >= 0.6 is 0 Å². The molecule has 0 aliphatic carbocycles. The first-order valence-electron chi connectivity index (χ1n) is 7.55. The van der Waals surface area contributed by atoms with Gasteiger partial charge in [-0.3, -0.25) is 9.69 Å². The van der Waals surface area contributed by atoms with Crippen LogP contribution in [0.5, 0.6) is 0 Å². The molecule has 2 heterocycles. The molecule has 0 spiro atoms. The van der Waals surface area contributed by atoms with E-state index < -0.39 is 0 Å². The first-order chi connectivity index (χ1) is 9.15. The Labute approximate surface area is 116 Å². The topological polar surface area (TPSA) is 47.6 Å². The van der Waals surface area contributed by atoms with Crippen LogP contribution in [0.15, 0.2) is 0 Å². The van der Waals surface area contributed by atoms with Crippen molar-refractivity contribution in [2.24, 2.45) is 5.92 Å². The monoisotopic (exact) mass is 268 g/mol. The molecule has 2 aliphatic rings. The van der Waals surface area contributed by atoms with Crippen LogP contribution in [0.2, 0.25) is 0 Å². The zero-order chi connectivity index (χ0) is 13.7. The van der Waals surface area contributed by atoms with Crippen LogP contribution in [0.3, 0.4) is 0 Å². The minimum absolute atomic E-state index is 0.209. The highest BCUT2D eigenvalue weighted by atomic mass is 16.1. The summed E-state index contributed by atoms with van der Waals surface area (Å²) in [5, 5.41) is 6.45. The van der Waals surface area contributed by atoms with Crippen molar-refractivity contribution in [1.29, 1.82) is 0 Å². The standard InChI is InChI=1S/C14H28N4O/c1-12(18-7-4-15-5-8-18)9-14(19)16-10-13-3-6-17(2)11-13/h12-13,15H,3-11H2,1-2H3,(H,16,19). The molecule has 2 fully saturated rings. The van der Waals surface area contributed by atoms with Crippen molar-refractivity contribution in [2.75, 3.05) is 52.9 Å². The molecule has 0 aromatic rings. The third-order valence-electron chi connectivity index (χ3n) is 4.33. The molecule has 5 nitrogen and oxygen atoms in total. The molecule has 2 aliphatic heterocycles. The van der Waals surface area contributed by atoms with Gasteiger partial charge in [0.25, 0.3) is 0 Å². The molecule has 0 bridgehead atoms. The lowest BCUT2D eigenvalue weighted by atomic mass is 10.1. The number of nitrogens with zero attached hydrogens (tertiary/aromatic N) is 2. The zero-order valence-electron chi connectivity index (χ0n) is 12.3. The molecule has 19 heavy (non-hydrogen) atoms. The second-order valence-electron chi connectivity index (χ2n) is 6.06. The number of rotatable bonds is 5. The van der Waals surface area contributed by atoms with E-state index in [0.29, 0.717) is 18.4 Å². The average Bonchev–Trinajstić information content (AvgIpc) is 2.83. The third kappa shape index (κ3) is 4.75. The Balaban J connectivity index is 1.63. The van der Waals surface area contributed by atoms with E-state index >= 15 is 0 Å². The molecule has 0 saturated carbocycles. The minimum Gasteiger partial charge on any atom is -0.356 e. The van der Waals surface area contributed by atoms with Crippen molar-refractivity contribution in [3.63, 3.8) is 0 Å². The molecule has 110 valence electrons. The summed E-state index contributed by atoms with van der Waals surface area (Å²) in [4.78, 5) is 16.7. The second-order valence-corrected chi connectivity index (χ2v) is 6.06. The van der Waals surface area contributed by atoms with Gasteiger partial charge in [-0.15, -0.1) is 0 Å². The zero-order valence-corrected chi connectivity index (χ0v) is 12.3. The molecule has 1 amide bonds. The summed E-state index contributed by atoms with van der Waals surface area (Å²) in [6, 6.07) is 0.355. The van der Waals surface area contributed by atoms with Crippen LogP contribution in [0.1, 0.15) is 19.8 Å². The highest BCUT2D eigenvalue weighted by Crippen LogP contribution is 2.13. The smallest absolute Gasteiger partial charge is 0.221 e. The van der Waals surface area contributed by atoms with Gasteiger partial charge in [0.2, 0.25) is 5.91 Å². The molecule has 5 heteroatoms. The van der Waals surface area contributed by atoms with Gasteiger partial charge < -0.3 is 15.5 Å². The molecule has 2 N–H and O–H groups in total. The predicted molar refractivity (Wildman–Crippen MR) is 77.1 cm³/mol. The van der Waals surface area contributed by atoms with Crippen molar-refractivity contribution in [3.05, 3.63) is 0 Å². The third-order valence-corrected chi connectivity index (χ3v) is 4.33. The predicted octanol–water partition coefficient (Wildman–Crippen LogP) is -0.262. The van der Waals surface area contributed by atoms with Gasteiger partial charge in [0.15, 0.2) is 0 Å². The van der Waals surface area contributed by atoms with Crippen LogP contribution in [0.4, 0.5) is 0 Å². The quantitative estimate of drug-likeness (QED) is 0.721. The largest absolute Gasteiger partial charge is 0.356 e. The number of carbonyl (C=O) groups is 1. The van der Waals surface area contributed by atoms with E-state index in [1.54, 1.807) is 0 Å². The molecule has 2 saturated heterocycles. The van der Waals surface area contributed by atoms with Crippen molar-refractivity contribution in [2.45, 2.75) is 25.8 Å². The van der Waals surface area contributed by atoms with Gasteiger partial charge in [-0.25, -0.2) is 0 Å². The van der Waals surface area contributed by atoms with E-state index in [1.807, 2.05) is 0 Å². The molecule has 2 unspecified atom stereocenters. The molecular weight excluding hydrogens is 240 g/mol. The van der Waals surface area contributed by atoms with Gasteiger partial charge in [0.05, 0.1) is 0 Å². The van der Waals surface area contributed by atoms with E-state index in [4.69, 9.17) is 0 Å². The highest BCUT2D eigenvalue weighted by Gasteiger charge is 2.22. The van der Waals surface area contributed by atoms with Gasteiger partial charge in [0, 0.05) is 51.7 Å². The van der Waals surface area contributed by atoms with E-state index in [0.717, 1.165) is 45.8 Å². The summed E-state index contributed by atoms with van der Waals surface area (Å²) in [5.41, 5.74) is 0. The van der Waals surface area contributed by atoms with Crippen LogP contribution in [0.25, 0.3) is 0 Å². The molecule has 0 radical (unpaired) electrons. The summed E-state index contributed by atoms with van der Waals surface area (Å²) in [5.74, 6) is 0.851. The van der Waals surface area contributed by atoms with E-state index in [-0.39, 0.29) is 5.91 Å². The summed E-state index contributed by atoms with van der Waals surface area (Å²) < 4.78 is 0. The number of piperazine rings is 1. The fraction of sp³-hybridized carbons (Fsp3) is 0.929. The average molecular weight is 268 g/mol. The number of hydrogen-bond acceptors (Lipinski definition) is 4. The fourth-order valence-corrected chi connectivity index (χ4v) is 3.04. The van der Waals surface area contributed by atoms with Crippen LogP contribution in [-0.2, 0) is 4.79 Å². The van der Waals surface area contributed by atoms with Crippen molar-refractivity contribution < 1.29 is 4.79 Å². The number of likely N-dealkylation sites (tertiary alicyclic amines) is 1. The van der Waals surface area contributed by atoms with Gasteiger partial charge in [-0.1, -0.05) is 0 Å². The van der Waals surface area contributed by atoms with E-state index in [1.165, 1.54) is 6.42 Å². The lowest BCUT2D eigenvalue weighted by Crippen LogP contribution is -2.48. The minimum atomic E-state index is 0.209. The highest BCUT2D eigenvalue weighted by molar-refractivity contribution is 5.76. The number of nitrogens with one attached hydrogen (secondary N) is 2. The van der Waals surface area contributed by atoms with Gasteiger partial charge in [-0.05, 0) is 32.9 Å². The van der Waals surface area contributed by atoms with Crippen molar-refractivity contribution in [3.8, 4) is 0 Å². The first kappa shape index (κ1) is 14.8. The van der Waals surface area contributed by atoms with Crippen LogP contribution in [-0.4, -0.2) is 74.6 Å². The summed E-state index contributed by atoms with van der Waals surface area (Å²) in [7, 11) is 2.15. The normalized spacial score (nSPS) is 27.4. The van der Waals surface area contributed by atoms with Gasteiger partial charge >= 0.3 is 0 Å². The van der Waals surface area contributed by atoms with Crippen molar-refractivity contribution in [1.82, 2.24) is 20.4 Å². The summed E-state index contributed by atoms with van der Waals surface area (Å²) in [6.07, 6.45) is 1.84. The van der Waals surface area contributed by atoms with Gasteiger partial charge in [0.1, 0.15) is 0 Å². The summed E-state index contributed by atoms with van der Waals surface area (Å²) in [6.45, 7) is 9.49. The Morgan fingerprint density at radius 3 is 2.74 bits per heavy atom. The fourth-order valence-electron chi connectivity index (χ4n) is 3.04. The Bertz CT molecular complexity index is 291. The SMILES string of the molecule is CC(CC(=O)NCC1CCN(C)C1)N1CCNCC1. The Hall–Kier alpha value is -0.650. The number of hydrogen-bond donors (Lipinski definition) is 2. The maximum absolute atomic E-state index is 12.0. The second kappa shape index (κ2) is 7.22. The van der Waals surface area contributed by atoms with E-state index in [2.05, 4.69) is 34.4 Å². The Morgan fingerprint density at radius 2 is 2.11 bits per heavy atom. The molecule has 2 rings (SSSR count). The molecule has 2 atom stereocenters. The lowest BCUT2D eigenvalue weighted by molar-refractivity contribution is -0.122. The molecule has 0 aromatic carbocycles.